The van der Waals surface area contributed by atoms with Gasteiger partial charge in [-0.15, -0.1) is 0 Å². The summed E-state index contributed by atoms with van der Waals surface area (Å²) in [6.45, 7) is 1.39. The smallest absolute Gasteiger partial charge is 0.0742 e. The maximum Gasteiger partial charge on any atom is 0.0742 e. The third kappa shape index (κ3) is 38.9. The lowest BCUT2D eigenvalue weighted by Gasteiger charge is -1.90. The standard InChI is InChI=1S/C3H8O2.3CH4/c1-3(5)2-4;;;/h3-5H,2H2,1H3;3*1H4. The summed E-state index contributed by atoms with van der Waals surface area (Å²) in [5, 5.41) is 16.0. The van der Waals surface area contributed by atoms with Gasteiger partial charge in [0, 0.05) is 0 Å². The van der Waals surface area contributed by atoms with Crippen LogP contribution in [-0.2, 0) is 0 Å². The Labute approximate surface area is 53.2 Å². The molecule has 0 saturated carbocycles. The Balaban J connectivity index is -0.0000000267. The summed E-state index contributed by atoms with van der Waals surface area (Å²) in [6.07, 6.45) is -0.560. The second-order valence-electron chi connectivity index (χ2n) is 1.03. The van der Waals surface area contributed by atoms with Gasteiger partial charge in [0.15, 0.2) is 0 Å². The van der Waals surface area contributed by atoms with E-state index >= 15 is 0 Å². The number of hydrogen-bond donors (Lipinski definition) is 2. The zero-order chi connectivity index (χ0) is 4.28. The minimum Gasteiger partial charge on any atom is -0.394 e. The Hall–Kier alpha value is -0.0800. The summed E-state index contributed by atoms with van der Waals surface area (Å²) < 4.78 is 0. The Morgan fingerprint density at radius 3 is 1.38 bits per heavy atom. The van der Waals surface area contributed by atoms with Crippen molar-refractivity contribution in [1.29, 1.82) is 0 Å². The maximum atomic E-state index is 8.11. The monoisotopic (exact) mass is 124 g/mol. The molecule has 0 aliphatic heterocycles. The molecule has 0 bridgehead atoms. The van der Waals surface area contributed by atoms with E-state index in [9.17, 15) is 0 Å². The average molecular weight is 124 g/mol. The first kappa shape index (κ1) is 24.7. The summed E-state index contributed by atoms with van der Waals surface area (Å²) in [6, 6.07) is 0. The number of rotatable bonds is 1. The van der Waals surface area contributed by atoms with Crippen molar-refractivity contribution in [3.63, 3.8) is 0 Å². The van der Waals surface area contributed by atoms with Crippen molar-refractivity contribution in [2.45, 2.75) is 35.3 Å². The molecule has 0 spiro atoms. The minimum absolute atomic E-state index is 0. The molecule has 0 amide bonds. The molecule has 2 nitrogen and oxygen atoms in total. The number of aliphatic hydroxyl groups excluding tert-OH is 2. The van der Waals surface area contributed by atoms with E-state index in [1.54, 1.807) is 0 Å². The molecule has 0 aromatic heterocycles. The predicted molar refractivity (Wildman–Crippen MR) is 39.0 cm³/mol. The van der Waals surface area contributed by atoms with Gasteiger partial charge < -0.3 is 10.2 Å². The van der Waals surface area contributed by atoms with Crippen molar-refractivity contribution in [2.24, 2.45) is 0 Å². The SMILES string of the molecule is C.C.C.CC(O)CO. The van der Waals surface area contributed by atoms with E-state index in [2.05, 4.69) is 0 Å². The Morgan fingerprint density at radius 1 is 1.25 bits per heavy atom. The summed E-state index contributed by atoms with van der Waals surface area (Å²) in [5.74, 6) is 0. The second kappa shape index (κ2) is 15.8. The fourth-order valence-corrected chi connectivity index (χ4v) is 0. The molecule has 0 saturated heterocycles. The van der Waals surface area contributed by atoms with Crippen molar-refractivity contribution in [1.82, 2.24) is 0 Å². The molecule has 2 N–H and O–H groups in total. The molecule has 8 heavy (non-hydrogen) atoms. The van der Waals surface area contributed by atoms with Crippen LogP contribution in [0.15, 0.2) is 0 Å². The Morgan fingerprint density at radius 2 is 1.38 bits per heavy atom. The van der Waals surface area contributed by atoms with Gasteiger partial charge in [-0.25, -0.2) is 0 Å². The van der Waals surface area contributed by atoms with Gasteiger partial charge in [0.1, 0.15) is 0 Å². The highest BCUT2D eigenvalue weighted by Gasteiger charge is 1.83. The van der Waals surface area contributed by atoms with E-state index in [-0.39, 0.29) is 28.9 Å². The first-order valence-electron chi connectivity index (χ1n) is 1.56. The van der Waals surface area contributed by atoms with Gasteiger partial charge in [-0.2, -0.15) is 0 Å². The zero-order valence-electron chi connectivity index (χ0n) is 3.18. The van der Waals surface area contributed by atoms with Gasteiger partial charge in [-0.1, -0.05) is 22.3 Å². The van der Waals surface area contributed by atoms with Crippen LogP contribution < -0.4 is 0 Å². The minimum atomic E-state index is -0.560. The summed E-state index contributed by atoms with van der Waals surface area (Å²) in [4.78, 5) is 0. The van der Waals surface area contributed by atoms with Crippen molar-refractivity contribution in [2.75, 3.05) is 6.61 Å². The molecule has 56 valence electrons. The van der Waals surface area contributed by atoms with Gasteiger partial charge in [0.2, 0.25) is 0 Å². The Kier molecular flexibility index (Phi) is 48.7. The number of hydrogen-bond acceptors (Lipinski definition) is 2. The van der Waals surface area contributed by atoms with Gasteiger partial charge in [0.05, 0.1) is 12.7 Å². The van der Waals surface area contributed by atoms with Gasteiger partial charge in [-0.05, 0) is 6.92 Å². The van der Waals surface area contributed by atoms with Crippen LogP contribution in [0.3, 0.4) is 0 Å². The third-order valence-electron chi connectivity index (χ3n) is 0.264. The fraction of sp³-hybridized carbons (Fsp3) is 1.00. The topological polar surface area (TPSA) is 40.5 Å². The molecule has 0 fully saturated rings. The van der Waals surface area contributed by atoms with E-state index in [1.165, 1.54) is 6.92 Å². The summed E-state index contributed by atoms with van der Waals surface area (Å²) in [5.41, 5.74) is 0. The van der Waals surface area contributed by atoms with Crippen LogP contribution in [0.4, 0.5) is 0 Å². The van der Waals surface area contributed by atoms with Crippen molar-refractivity contribution in [3.8, 4) is 0 Å². The highest BCUT2D eigenvalue weighted by Crippen LogP contribution is 1.68. The molecule has 0 aliphatic rings. The van der Waals surface area contributed by atoms with Crippen LogP contribution in [0, 0.1) is 0 Å². The van der Waals surface area contributed by atoms with Gasteiger partial charge >= 0.3 is 0 Å². The van der Waals surface area contributed by atoms with Crippen LogP contribution in [0.1, 0.15) is 29.2 Å². The molecule has 0 aromatic carbocycles. The fourth-order valence-electron chi connectivity index (χ4n) is 0. The van der Waals surface area contributed by atoms with E-state index in [0.717, 1.165) is 0 Å². The molecule has 0 aliphatic carbocycles. The van der Waals surface area contributed by atoms with Crippen LogP contribution in [0.25, 0.3) is 0 Å². The predicted octanol–water partition coefficient (Wildman–Crippen LogP) is 1.27. The van der Waals surface area contributed by atoms with E-state index in [4.69, 9.17) is 10.2 Å². The van der Waals surface area contributed by atoms with Crippen LogP contribution in [0.5, 0.6) is 0 Å². The van der Waals surface area contributed by atoms with Crippen molar-refractivity contribution < 1.29 is 10.2 Å². The molecule has 0 heterocycles. The molecular weight excluding hydrogens is 104 g/mol. The Bertz CT molecular complexity index is 20.5. The lowest BCUT2D eigenvalue weighted by atomic mass is 10.5. The summed E-state index contributed by atoms with van der Waals surface area (Å²) >= 11 is 0. The highest BCUT2D eigenvalue weighted by molar-refractivity contribution is 4.33. The van der Waals surface area contributed by atoms with Crippen LogP contribution in [0.2, 0.25) is 0 Å². The van der Waals surface area contributed by atoms with E-state index in [1.807, 2.05) is 0 Å². The lowest BCUT2D eigenvalue weighted by Crippen LogP contribution is -2.03. The molecule has 0 aromatic rings. The first-order valence-corrected chi connectivity index (χ1v) is 1.56. The van der Waals surface area contributed by atoms with Gasteiger partial charge in [0.25, 0.3) is 0 Å². The quantitative estimate of drug-likeness (QED) is 0.552. The normalized spacial score (nSPS) is 9.38. The largest absolute Gasteiger partial charge is 0.394 e. The number of aliphatic hydroxyl groups is 2. The molecule has 1 atom stereocenters. The molecule has 1 unspecified atom stereocenters. The lowest BCUT2D eigenvalue weighted by molar-refractivity contribution is 0.110. The highest BCUT2D eigenvalue weighted by atomic mass is 16.3. The molecular formula is C6H20O2. The van der Waals surface area contributed by atoms with Crippen molar-refractivity contribution in [3.05, 3.63) is 0 Å². The van der Waals surface area contributed by atoms with Gasteiger partial charge in [-0.3, -0.25) is 0 Å². The second-order valence-corrected chi connectivity index (χ2v) is 1.03. The molecule has 0 radical (unpaired) electrons. The molecule has 2 heteroatoms. The van der Waals surface area contributed by atoms with Crippen molar-refractivity contribution >= 4 is 0 Å². The molecule has 0 rings (SSSR count). The summed E-state index contributed by atoms with van der Waals surface area (Å²) in [7, 11) is 0. The van der Waals surface area contributed by atoms with E-state index in [0.29, 0.717) is 0 Å². The van der Waals surface area contributed by atoms with Crippen LogP contribution in [-0.4, -0.2) is 22.9 Å². The maximum absolute atomic E-state index is 8.11. The van der Waals surface area contributed by atoms with Crippen LogP contribution >= 0.6 is 0 Å². The third-order valence-corrected chi connectivity index (χ3v) is 0.264. The zero-order valence-corrected chi connectivity index (χ0v) is 3.18. The average Bonchev–Trinajstić information content (AvgIpc) is 1.38. The van der Waals surface area contributed by atoms with E-state index < -0.39 is 6.10 Å². The first-order chi connectivity index (χ1) is 2.27.